The summed E-state index contributed by atoms with van der Waals surface area (Å²) in [7, 11) is 3.28. The highest BCUT2D eigenvalue weighted by Gasteiger charge is 2.56. The van der Waals surface area contributed by atoms with Crippen LogP contribution in [0, 0.1) is 17.3 Å². The van der Waals surface area contributed by atoms with E-state index >= 15 is 0 Å². The predicted octanol–water partition coefficient (Wildman–Crippen LogP) is 5.12. The number of nitrogens with zero attached hydrogens (tertiary/aromatic N) is 3. The first kappa shape index (κ1) is 33.7. The number of rotatable bonds is 9. The first-order valence-corrected chi connectivity index (χ1v) is 17.0. The quantitative estimate of drug-likeness (QED) is 0.351. The molecule has 3 fully saturated rings. The average Bonchev–Trinajstić information content (AvgIpc) is 3.52. The number of benzene rings is 1. The van der Waals surface area contributed by atoms with Gasteiger partial charge in [-0.3, -0.25) is 14.4 Å². The Bertz CT molecular complexity index is 1490. The van der Waals surface area contributed by atoms with Crippen LogP contribution >= 0.6 is 0 Å². The lowest BCUT2D eigenvalue weighted by atomic mass is 9.65. The smallest absolute Gasteiger partial charge is 0.404 e. The first-order valence-electron chi connectivity index (χ1n) is 17.0. The third kappa shape index (κ3) is 7.01. The minimum atomic E-state index is -1.22. The number of amides is 3. The summed E-state index contributed by atoms with van der Waals surface area (Å²) in [5.74, 6) is 0.440. The fourth-order valence-electron chi connectivity index (χ4n) is 8.34. The number of hydrogen-bond acceptors (Lipinski definition) is 5. The Kier molecular flexibility index (Phi) is 10.2. The first-order chi connectivity index (χ1) is 21.9. The molecule has 1 aliphatic heterocycles. The van der Waals surface area contributed by atoms with E-state index in [9.17, 15) is 24.3 Å². The molecule has 0 bridgehead atoms. The zero-order valence-corrected chi connectivity index (χ0v) is 27.6. The number of carbonyl (C=O) groups is 3. The summed E-state index contributed by atoms with van der Waals surface area (Å²) < 4.78 is 1.46. The minimum Gasteiger partial charge on any atom is -0.465 e. The Morgan fingerprint density at radius 1 is 1.02 bits per heavy atom. The maximum Gasteiger partial charge on any atom is 0.404 e. The number of carboxylic acid groups (broad SMARTS) is 1. The van der Waals surface area contributed by atoms with Gasteiger partial charge in [-0.15, -0.1) is 0 Å². The molecule has 2 aliphatic carbocycles. The number of nitrogens with one attached hydrogen (secondary N) is 1. The number of piperidine rings is 1. The standard InChI is InChI=1S/C36H50N4O6/c1-25(19-26-11-5-4-6-12-26)32(42)39-18-17-36(46,35(23-39)15-9-10-16-35)24-40-22-30(33(43)38(2)3)29(20-31(40)41)28-14-8-7-13-27(28)21-37-34(44)45/h7-8,13-14,20,22,25-26,37,46H,4-6,9-12,15-19,21,23-24H2,1-3H3,(H,44,45)/t25-,36?/m1/s1. The molecule has 2 aromatic rings. The van der Waals surface area contributed by atoms with E-state index in [2.05, 4.69) is 12.2 Å². The van der Waals surface area contributed by atoms with Crippen molar-refractivity contribution in [2.24, 2.45) is 17.3 Å². The minimum absolute atomic E-state index is 0.0148. The van der Waals surface area contributed by atoms with E-state index in [1.807, 2.05) is 4.90 Å². The van der Waals surface area contributed by atoms with Gasteiger partial charge in [0.15, 0.2) is 0 Å². The summed E-state index contributed by atoms with van der Waals surface area (Å²) in [6, 6.07) is 8.52. The van der Waals surface area contributed by atoms with Gasteiger partial charge in [-0.05, 0) is 42.7 Å². The molecule has 2 atom stereocenters. The largest absolute Gasteiger partial charge is 0.465 e. The Hall–Kier alpha value is -3.66. The number of pyridine rings is 1. The summed E-state index contributed by atoms with van der Waals surface area (Å²) in [6.07, 6.45) is 11.4. The van der Waals surface area contributed by atoms with E-state index in [0.29, 0.717) is 47.7 Å². The Morgan fingerprint density at radius 3 is 2.39 bits per heavy atom. The second-order valence-electron chi connectivity index (χ2n) is 14.3. The van der Waals surface area contributed by atoms with Gasteiger partial charge in [-0.25, -0.2) is 4.79 Å². The van der Waals surface area contributed by atoms with Crippen molar-refractivity contribution in [1.82, 2.24) is 19.7 Å². The molecular formula is C36H50N4O6. The third-order valence-corrected chi connectivity index (χ3v) is 10.9. The van der Waals surface area contributed by atoms with Gasteiger partial charge in [-0.1, -0.05) is 76.1 Å². The van der Waals surface area contributed by atoms with Crippen LogP contribution in [0.3, 0.4) is 0 Å². The molecule has 1 aromatic heterocycles. The van der Waals surface area contributed by atoms with Gasteiger partial charge in [0.2, 0.25) is 5.91 Å². The van der Waals surface area contributed by atoms with E-state index in [1.165, 1.54) is 47.6 Å². The fourth-order valence-corrected chi connectivity index (χ4v) is 8.34. The van der Waals surface area contributed by atoms with Crippen molar-refractivity contribution in [2.45, 2.75) is 96.2 Å². The number of hydrogen-bond donors (Lipinski definition) is 3. The van der Waals surface area contributed by atoms with Crippen molar-refractivity contribution in [2.75, 3.05) is 27.2 Å². The summed E-state index contributed by atoms with van der Waals surface area (Å²) >= 11 is 0. The van der Waals surface area contributed by atoms with Crippen LogP contribution in [-0.2, 0) is 17.9 Å². The van der Waals surface area contributed by atoms with Crippen LogP contribution in [0.25, 0.3) is 11.1 Å². The maximum atomic E-state index is 13.8. The number of carbonyl (C=O) groups excluding carboxylic acids is 2. The molecule has 250 valence electrons. The summed E-state index contributed by atoms with van der Waals surface area (Å²) in [4.78, 5) is 55.6. The average molecular weight is 635 g/mol. The van der Waals surface area contributed by atoms with Crippen molar-refractivity contribution in [3.05, 3.63) is 58.0 Å². The Balaban J connectivity index is 1.43. The van der Waals surface area contributed by atoms with Gasteiger partial charge in [0.05, 0.1) is 17.7 Å². The van der Waals surface area contributed by atoms with Crippen molar-refractivity contribution in [3.63, 3.8) is 0 Å². The number of aromatic nitrogens is 1. The molecule has 3 amide bonds. The van der Waals surface area contributed by atoms with Gasteiger partial charge in [0.1, 0.15) is 0 Å². The molecule has 10 nitrogen and oxygen atoms in total. The highest BCUT2D eigenvalue weighted by Crippen LogP contribution is 2.52. The maximum absolute atomic E-state index is 13.8. The third-order valence-electron chi connectivity index (χ3n) is 10.9. The molecule has 5 rings (SSSR count). The lowest BCUT2D eigenvalue weighted by Crippen LogP contribution is -2.62. The van der Waals surface area contributed by atoms with Gasteiger partial charge in [-0.2, -0.15) is 0 Å². The van der Waals surface area contributed by atoms with Crippen molar-refractivity contribution >= 4 is 17.9 Å². The molecule has 1 aromatic carbocycles. The molecule has 1 saturated heterocycles. The lowest BCUT2D eigenvalue weighted by molar-refractivity contribution is -0.163. The van der Waals surface area contributed by atoms with Gasteiger partial charge >= 0.3 is 6.09 Å². The highest BCUT2D eigenvalue weighted by atomic mass is 16.4. The molecule has 3 aliphatic rings. The van der Waals surface area contributed by atoms with E-state index in [1.54, 1.807) is 44.6 Å². The van der Waals surface area contributed by atoms with E-state index in [-0.39, 0.29) is 36.4 Å². The number of likely N-dealkylation sites (tertiary alicyclic amines) is 1. The molecule has 46 heavy (non-hydrogen) atoms. The molecule has 3 N–H and O–H groups in total. The fraction of sp³-hybridized carbons (Fsp3) is 0.611. The van der Waals surface area contributed by atoms with E-state index in [0.717, 1.165) is 32.1 Å². The van der Waals surface area contributed by atoms with Crippen LogP contribution in [0.1, 0.15) is 93.5 Å². The second kappa shape index (κ2) is 14.0. The van der Waals surface area contributed by atoms with Crippen LogP contribution in [0.5, 0.6) is 0 Å². The Morgan fingerprint density at radius 2 is 1.72 bits per heavy atom. The summed E-state index contributed by atoms with van der Waals surface area (Å²) in [5.41, 5.74) is -0.172. The van der Waals surface area contributed by atoms with Crippen molar-refractivity contribution in [1.29, 1.82) is 0 Å². The molecule has 0 radical (unpaired) electrons. The van der Waals surface area contributed by atoms with E-state index < -0.39 is 17.1 Å². The Labute approximate surface area is 271 Å². The number of aliphatic hydroxyl groups is 1. The molecule has 1 unspecified atom stereocenters. The molecule has 1 spiro atoms. The second-order valence-corrected chi connectivity index (χ2v) is 14.3. The van der Waals surface area contributed by atoms with Crippen LogP contribution in [0.15, 0.2) is 41.3 Å². The molecule has 2 heterocycles. The van der Waals surface area contributed by atoms with Gasteiger partial charge in [0, 0.05) is 62.9 Å². The van der Waals surface area contributed by atoms with Crippen LogP contribution in [-0.4, -0.2) is 75.3 Å². The molecule has 2 saturated carbocycles. The van der Waals surface area contributed by atoms with Gasteiger partial charge in [0.25, 0.3) is 11.5 Å². The van der Waals surface area contributed by atoms with Crippen molar-refractivity contribution in [3.8, 4) is 11.1 Å². The van der Waals surface area contributed by atoms with Crippen LogP contribution < -0.4 is 10.9 Å². The zero-order valence-electron chi connectivity index (χ0n) is 27.6. The van der Waals surface area contributed by atoms with Crippen molar-refractivity contribution < 1.29 is 24.6 Å². The van der Waals surface area contributed by atoms with Crippen LogP contribution in [0.4, 0.5) is 4.79 Å². The molecular weight excluding hydrogens is 584 g/mol. The predicted molar refractivity (Wildman–Crippen MR) is 176 cm³/mol. The monoisotopic (exact) mass is 634 g/mol. The van der Waals surface area contributed by atoms with Gasteiger partial charge < -0.3 is 29.9 Å². The van der Waals surface area contributed by atoms with Crippen LogP contribution in [0.2, 0.25) is 0 Å². The SMILES string of the molecule is C[C@H](CC1CCCCC1)C(=O)N1CCC(O)(Cn2cc(C(=O)N(C)C)c(-c3ccccc3CNC(=O)O)cc2=O)C2(CCCC2)C1. The summed E-state index contributed by atoms with van der Waals surface area (Å²) in [5, 5.41) is 24.0. The normalized spacial score (nSPS) is 22.0. The highest BCUT2D eigenvalue weighted by molar-refractivity contribution is 6.00. The lowest BCUT2D eigenvalue weighted by Gasteiger charge is -2.53. The zero-order chi connectivity index (χ0) is 33.1. The molecule has 10 heteroatoms. The summed E-state index contributed by atoms with van der Waals surface area (Å²) in [6.45, 7) is 3.02. The topological polar surface area (TPSA) is 132 Å². The van der Waals surface area contributed by atoms with E-state index in [4.69, 9.17) is 5.11 Å².